The first kappa shape index (κ1) is 14.9. The van der Waals surface area contributed by atoms with E-state index in [-0.39, 0.29) is 0 Å². The maximum atomic E-state index is 5.81. The molecule has 0 saturated heterocycles. The van der Waals surface area contributed by atoms with Gasteiger partial charge in [-0.3, -0.25) is 0 Å². The smallest absolute Gasteiger partial charge is 0.374 e. The normalized spacial score (nSPS) is 11.9. The van der Waals surface area contributed by atoms with Gasteiger partial charge in [-0.2, -0.15) is 0 Å². The molecule has 0 aliphatic carbocycles. The molecule has 0 saturated carbocycles. The lowest BCUT2D eigenvalue weighted by Crippen LogP contribution is -2.46. The summed E-state index contributed by atoms with van der Waals surface area (Å²) in [6.07, 6.45) is 0.976. The molecule has 0 N–H and O–H groups in total. The van der Waals surface area contributed by atoms with Crippen molar-refractivity contribution in [2.45, 2.75) is 33.2 Å². The van der Waals surface area contributed by atoms with E-state index >= 15 is 0 Å². The number of rotatable bonds is 9. The first-order chi connectivity index (χ1) is 8.26. The van der Waals surface area contributed by atoms with E-state index in [1.165, 1.54) is 4.88 Å². The van der Waals surface area contributed by atoms with Gasteiger partial charge in [-0.25, -0.2) is 0 Å². The Hall–Kier alpha value is -0.203. The summed E-state index contributed by atoms with van der Waals surface area (Å²) in [5.41, 5.74) is 0. The minimum absolute atomic E-state index is 0.649. The Labute approximate surface area is 109 Å². The average Bonchev–Trinajstić information content (AvgIpc) is 2.80. The van der Waals surface area contributed by atoms with Crippen molar-refractivity contribution >= 4 is 20.1 Å². The van der Waals surface area contributed by atoms with Crippen molar-refractivity contribution in [3.63, 3.8) is 0 Å². The van der Waals surface area contributed by atoms with Crippen LogP contribution in [0.15, 0.2) is 17.5 Å². The lowest BCUT2D eigenvalue weighted by molar-refractivity contribution is 0.0714. The monoisotopic (exact) mass is 274 g/mol. The maximum Gasteiger partial charge on any atom is 0.501 e. The van der Waals surface area contributed by atoms with E-state index < -0.39 is 8.80 Å². The van der Waals surface area contributed by atoms with Crippen LogP contribution in [0.3, 0.4) is 0 Å². The zero-order valence-corrected chi connectivity index (χ0v) is 12.7. The van der Waals surface area contributed by atoms with Crippen molar-refractivity contribution in [3.05, 3.63) is 22.4 Å². The van der Waals surface area contributed by atoms with Crippen LogP contribution in [0.4, 0.5) is 0 Å². The topological polar surface area (TPSA) is 27.7 Å². The molecule has 0 aromatic carbocycles. The van der Waals surface area contributed by atoms with Crippen LogP contribution in [0.25, 0.3) is 0 Å². The minimum atomic E-state index is -2.45. The highest BCUT2D eigenvalue weighted by atomic mass is 32.1. The molecule has 0 radical (unpaired) electrons. The van der Waals surface area contributed by atoms with Gasteiger partial charge in [0.05, 0.1) is 0 Å². The summed E-state index contributed by atoms with van der Waals surface area (Å²) in [6.45, 7) is 7.92. The molecule has 0 bridgehead atoms. The van der Waals surface area contributed by atoms with Gasteiger partial charge in [-0.1, -0.05) is 6.07 Å². The predicted octanol–water partition coefficient (Wildman–Crippen LogP) is 3.34. The molecule has 0 aliphatic heterocycles. The Kier molecular flexibility index (Phi) is 6.99. The van der Waals surface area contributed by atoms with Gasteiger partial charge in [0.2, 0.25) is 0 Å². The number of hydrogen-bond acceptors (Lipinski definition) is 4. The lowest BCUT2D eigenvalue weighted by Gasteiger charge is -2.28. The summed E-state index contributed by atoms with van der Waals surface area (Å²) < 4.78 is 17.4. The molecule has 0 fully saturated rings. The van der Waals surface area contributed by atoms with Gasteiger partial charge in [0, 0.05) is 30.7 Å². The summed E-state index contributed by atoms with van der Waals surface area (Å²) >= 11 is 1.77. The van der Waals surface area contributed by atoms with Gasteiger partial charge >= 0.3 is 8.80 Å². The maximum absolute atomic E-state index is 5.81. The third-order valence-electron chi connectivity index (χ3n) is 2.35. The Balaban J connectivity index is 2.59. The molecule has 1 heterocycles. The van der Waals surface area contributed by atoms with Crippen LogP contribution < -0.4 is 0 Å². The highest BCUT2D eigenvalue weighted by Crippen LogP contribution is 2.21. The average molecular weight is 274 g/mol. The molecular weight excluding hydrogens is 252 g/mol. The van der Waals surface area contributed by atoms with Crippen LogP contribution in [0, 0.1) is 0 Å². The molecular formula is C12H22O3SSi. The second kappa shape index (κ2) is 8.00. The van der Waals surface area contributed by atoms with E-state index in [1.54, 1.807) is 11.3 Å². The Morgan fingerprint density at radius 3 is 2.06 bits per heavy atom. The van der Waals surface area contributed by atoms with Crippen LogP contribution >= 0.6 is 11.3 Å². The Morgan fingerprint density at radius 2 is 1.65 bits per heavy atom. The summed E-state index contributed by atoms with van der Waals surface area (Å²) in [4.78, 5) is 1.36. The van der Waals surface area contributed by atoms with Crippen molar-refractivity contribution in [2.24, 2.45) is 0 Å². The quantitative estimate of drug-likeness (QED) is 0.646. The Bertz CT molecular complexity index is 273. The summed E-state index contributed by atoms with van der Waals surface area (Å²) in [7, 11) is -2.45. The SMILES string of the molecule is CCO[Si](CCc1cccs1)(OCC)OCC. The van der Waals surface area contributed by atoms with Crippen molar-refractivity contribution in [3.8, 4) is 0 Å². The van der Waals surface area contributed by atoms with Crippen LogP contribution in [-0.4, -0.2) is 28.6 Å². The molecule has 0 atom stereocenters. The number of hydrogen-bond donors (Lipinski definition) is 0. The van der Waals surface area contributed by atoms with Crippen LogP contribution in [-0.2, 0) is 19.7 Å². The molecule has 0 aliphatic rings. The fraction of sp³-hybridized carbons (Fsp3) is 0.667. The van der Waals surface area contributed by atoms with E-state index in [0.29, 0.717) is 19.8 Å². The first-order valence-corrected chi connectivity index (χ1v) is 9.01. The van der Waals surface area contributed by atoms with Crippen LogP contribution in [0.5, 0.6) is 0 Å². The highest BCUT2D eigenvalue weighted by Gasteiger charge is 2.39. The minimum Gasteiger partial charge on any atom is -0.374 e. The van der Waals surface area contributed by atoms with Gasteiger partial charge in [-0.15, -0.1) is 11.3 Å². The fourth-order valence-corrected chi connectivity index (χ4v) is 5.20. The molecule has 0 spiro atoms. The molecule has 0 amide bonds. The molecule has 1 aromatic rings. The van der Waals surface area contributed by atoms with E-state index in [9.17, 15) is 0 Å². The lowest BCUT2D eigenvalue weighted by atomic mass is 10.4. The largest absolute Gasteiger partial charge is 0.501 e. The highest BCUT2D eigenvalue weighted by molar-refractivity contribution is 7.09. The second-order valence-corrected chi connectivity index (χ2v) is 7.33. The molecule has 3 nitrogen and oxygen atoms in total. The van der Waals surface area contributed by atoms with Crippen molar-refractivity contribution in [1.82, 2.24) is 0 Å². The predicted molar refractivity (Wildman–Crippen MR) is 73.5 cm³/mol. The fourth-order valence-electron chi connectivity index (χ4n) is 1.73. The summed E-state index contributed by atoms with van der Waals surface area (Å²) in [5, 5.41) is 2.10. The van der Waals surface area contributed by atoms with Crippen LogP contribution in [0.2, 0.25) is 6.04 Å². The molecule has 1 rings (SSSR count). The summed E-state index contributed by atoms with van der Waals surface area (Å²) in [5.74, 6) is 0. The summed E-state index contributed by atoms with van der Waals surface area (Å²) in [6, 6.07) is 5.09. The van der Waals surface area contributed by atoms with Crippen LogP contribution in [0.1, 0.15) is 25.6 Å². The molecule has 1 aromatic heterocycles. The molecule has 5 heteroatoms. The molecule has 17 heavy (non-hydrogen) atoms. The van der Waals surface area contributed by atoms with Gasteiger partial charge in [0.15, 0.2) is 0 Å². The zero-order valence-electron chi connectivity index (χ0n) is 10.9. The first-order valence-electron chi connectivity index (χ1n) is 6.20. The van der Waals surface area contributed by atoms with Crippen molar-refractivity contribution < 1.29 is 13.3 Å². The van der Waals surface area contributed by atoms with Gasteiger partial charge in [0.25, 0.3) is 0 Å². The van der Waals surface area contributed by atoms with E-state index in [1.807, 2.05) is 20.8 Å². The van der Waals surface area contributed by atoms with Crippen molar-refractivity contribution in [1.29, 1.82) is 0 Å². The third kappa shape index (κ3) is 4.89. The standard InChI is InChI=1S/C12H22O3SSi/c1-4-13-17(14-5-2,15-6-3)11-9-12-8-7-10-16-12/h7-8,10H,4-6,9,11H2,1-3H3. The van der Waals surface area contributed by atoms with E-state index in [2.05, 4.69) is 17.5 Å². The molecule has 98 valence electrons. The third-order valence-corrected chi connectivity index (χ3v) is 6.33. The van der Waals surface area contributed by atoms with Gasteiger partial charge in [-0.05, 0) is 38.6 Å². The molecule has 0 unspecified atom stereocenters. The zero-order chi connectivity index (χ0) is 12.6. The van der Waals surface area contributed by atoms with Crippen molar-refractivity contribution in [2.75, 3.05) is 19.8 Å². The Morgan fingerprint density at radius 1 is 1.06 bits per heavy atom. The van der Waals surface area contributed by atoms with E-state index in [0.717, 1.165) is 12.5 Å². The van der Waals surface area contributed by atoms with Gasteiger partial charge < -0.3 is 13.3 Å². The second-order valence-electron chi connectivity index (χ2n) is 3.56. The number of aryl methyl sites for hydroxylation is 1. The van der Waals surface area contributed by atoms with Gasteiger partial charge in [0.1, 0.15) is 0 Å². The number of thiophene rings is 1. The van der Waals surface area contributed by atoms with E-state index in [4.69, 9.17) is 13.3 Å².